The Labute approximate surface area is 230 Å². The lowest BCUT2D eigenvalue weighted by Crippen LogP contribution is -2.20. The second kappa shape index (κ2) is 13.8. The van der Waals surface area contributed by atoms with Gasteiger partial charge in [-0.15, -0.1) is 0 Å². The first-order chi connectivity index (χ1) is 17.7. The van der Waals surface area contributed by atoms with Crippen LogP contribution in [0.2, 0.25) is 5.02 Å². The highest BCUT2D eigenvalue weighted by Gasteiger charge is 2.13. The summed E-state index contributed by atoms with van der Waals surface area (Å²) in [4.78, 5) is 24.3. The molecule has 0 radical (unpaired) electrons. The topological polar surface area (TPSA) is 89.0 Å². The van der Waals surface area contributed by atoms with E-state index in [1.165, 1.54) is 11.8 Å². The molecule has 194 valence electrons. The van der Waals surface area contributed by atoms with Crippen LogP contribution in [0.3, 0.4) is 0 Å². The molecular weight excluding hydrogens is 558 g/mol. The van der Waals surface area contributed by atoms with Gasteiger partial charge in [0.05, 0.1) is 17.3 Å². The Kier molecular flexibility index (Phi) is 10.5. The van der Waals surface area contributed by atoms with Gasteiger partial charge < -0.3 is 14.8 Å². The molecule has 0 saturated carbocycles. The van der Waals surface area contributed by atoms with E-state index in [1.807, 2.05) is 57.2 Å². The molecule has 3 aromatic rings. The number of halogens is 2. The van der Waals surface area contributed by atoms with E-state index in [-0.39, 0.29) is 24.7 Å². The van der Waals surface area contributed by atoms with E-state index in [1.54, 1.807) is 18.2 Å². The molecule has 9 heteroatoms. The molecule has 2 amide bonds. The highest BCUT2D eigenvalue weighted by Crippen LogP contribution is 2.37. The maximum absolute atomic E-state index is 12.1. The largest absolute Gasteiger partial charge is 0.490 e. The van der Waals surface area contributed by atoms with E-state index in [9.17, 15) is 9.59 Å². The van der Waals surface area contributed by atoms with E-state index in [2.05, 4.69) is 31.8 Å². The number of nitrogens with one attached hydrogen (secondary N) is 2. The molecule has 3 aromatic carbocycles. The fourth-order valence-electron chi connectivity index (χ4n) is 3.26. The highest BCUT2D eigenvalue weighted by molar-refractivity contribution is 9.10. The molecule has 0 aliphatic heterocycles. The first-order valence-corrected chi connectivity index (χ1v) is 12.9. The summed E-state index contributed by atoms with van der Waals surface area (Å²) < 4.78 is 12.5. The molecule has 3 rings (SSSR count). The molecular formula is C28H29BrClN3O4. The van der Waals surface area contributed by atoms with E-state index in [0.29, 0.717) is 45.5 Å². The van der Waals surface area contributed by atoms with Crippen molar-refractivity contribution in [3.05, 3.63) is 86.3 Å². The van der Waals surface area contributed by atoms with Gasteiger partial charge >= 0.3 is 0 Å². The van der Waals surface area contributed by atoms with Crippen LogP contribution in [0.5, 0.6) is 11.5 Å². The summed E-state index contributed by atoms with van der Waals surface area (Å²) in [6, 6.07) is 17.0. The zero-order valence-corrected chi connectivity index (χ0v) is 23.3. The number of amides is 2. The predicted molar refractivity (Wildman–Crippen MR) is 151 cm³/mol. The summed E-state index contributed by atoms with van der Waals surface area (Å²) in [6.07, 6.45) is 1.51. The predicted octanol–water partition coefficient (Wildman–Crippen LogP) is 6.57. The lowest BCUT2D eigenvalue weighted by atomic mass is 10.1. The second-order valence-corrected chi connectivity index (χ2v) is 9.60. The van der Waals surface area contributed by atoms with Gasteiger partial charge in [0, 0.05) is 23.6 Å². The summed E-state index contributed by atoms with van der Waals surface area (Å²) in [5.74, 6) is 0.482. The number of hydrogen-bond donors (Lipinski definition) is 2. The molecule has 7 nitrogen and oxygen atoms in total. The molecule has 0 bridgehead atoms. The fraction of sp³-hybridized carbons (Fsp3) is 0.250. The average Bonchev–Trinajstić information content (AvgIpc) is 2.86. The number of benzene rings is 3. The van der Waals surface area contributed by atoms with Gasteiger partial charge in [-0.2, -0.15) is 5.10 Å². The quantitative estimate of drug-likeness (QED) is 0.197. The molecule has 0 aromatic heterocycles. The van der Waals surface area contributed by atoms with Gasteiger partial charge in [0.25, 0.3) is 0 Å². The zero-order chi connectivity index (χ0) is 26.8. The van der Waals surface area contributed by atoms with Gasteiger partial charge in [0.2, 0.25) is 11.8 Å². The van der Waals surface area contributed by atoms with Crippen molar-refractivity contribution in [3.8, 4) is 11.5 Å². The van der Waals surface area contributed by atoms with Gasteiger partial charge in [-0.3, -0.25) is 9.59 Å². The van der Waals surface area contributed by atoms with Crippen molar-refractivity contribution < 1.29 is 19.1 Å². The molecule has 0 aliphatic carbocycles. The minimum absolute atomic E-state index is 0.0115. The summed E-state index contributed by atoms with van der Waals surface area (Å²) in [7, 11) is 0. The summed E-state index contributed by atoms with van der Waals surface area (Å²) in [5, 5.41) is 7.30. The van der Waals surface area contributed by atoms with E-state index < -0.39 is 0 Å². The van der Waals surface area contributed by atoms with Crippen molar-refractivity contribution in [3.63, 3.8) is 0 Å². The second-order valence-electron chi connectivity index (χ2n) is 8.34. The molecule has 37 heavy (non-hydrogen) atoms. The van der Waals surface area contributed by atoms with Crippen LogP contribution < -0.4 is 20.2 Å². The van der Waals surface area contributed by atoms with Crippen LogP contribution in [-0.2, 0) is 16.2 Å². The van der Waals surface area contributed by atoms with E-state index in [0.717, 1.165) is 11.1 Å². The minimum atomic E-state index is -0.379. The number of hydrazone groups is 1. The molecule has 0 spiro atoms. The maximum Gasteiger partial charge on any atom is 0.240 e. The van der Waals surface area contributed by atoms with Crippen molar-refractivity contribution in [2.75, 3.05) is 11.9 Å². The van der Waals surface area contributed by atoms with Crippen molar-refractivity contribution >= 4 is 51.2 Å². The molecule has 0 fully saturated rings. The number of rotatable bonds is 11. The van der Waals surface area contributed by atoms with Gasteiger partial charge in [-0.25, -0.2) is 5.43 Å². The Balaban J connectivity index is 1.53. The van der Waals surface area contributed by atoms with E-state index >= 15 is 0 Å². The van der Waals surface area contributed by atoms with Crippen LogP contribution >= 0.6 is 27.5 Å². The summed E-state index contributed by atoms with van der Waals surface area (Å²) in [6.45, 7) is 6.66. The van der Waals surface area contributed by atoms with Crippen molar-refractivity contribution in [1.82, 2.24) is 5.43 Å². The van der Waals surface area contributed by atoms with Crippen LogP contribution in [0.1, 0.15) is 42.0 Å². The molecule has 0 atom stereocenters. The molecule has 0 aliphatic rings. The Morgan fingerprint density at radius 1 is 1.00 bits per heavy atom. The van der Waals surface area contributed by atoms with Gasteiger partial charge in [0.15, 0.2) is 11.5 Å². The van der Waals surface area contributed by atoms with Gasteiger partial charge in [0.1, 0.15) is 6.61 Å². The maximum atomic E-state index is 12.1. The first-order valence-electron chi connectivity index (χ1n) is 11.8. The minimum Gasteiger partial charge on any atom is -0.490 e. The Hall–Kier alpha value is -3.36. The van der Waals surface area contributed by atoms with Crippen molar-refractivity contribution in [1.29, 1.82) is 0 Å². The highest BCUT2D eigenvalue weighted by atomic mass is 79.9. The molecule has 0 unspecified atom stereocenters. The number of hydrogen-bond acceptors (Lipinski definition) is 5. The third-order valence-electron chi connectivity index (χ3n) is 5.27. The van der Waals surface area contributed by atoms with Crippen LogP contribution in [0.4, 0.5) is 5.69 Å². The molecule has 0 saturated heterocycles. The first kappa shape index (κ1) is 28.2. The average molecular weight is 587 g/mol. The smallest absolute Gasteiger partial charge is 0.240 e. The lowest BCUT2D eigenvalue weighted by Gasteiger charge is -2.15. The van der Waals surface area contributed by atoms with Gasteiger partial charge in [-0.05, 0) is 77.7 Å². The Morgan fingerprint density at radius 2 is 1.73 bits per heavy atom. The summed E-state index contributed by atoms with van der Waals surface area (Å²) >= 11 is 9.62. The monoisotopic (exact) mass is 585 g/mol. The number of aryl methyl sites for hydroxylation is 2. The van der Waals surface area contributed by atoms with Gasteiger partial charge in [-0.1, -0.05) is 47.5 Å². The van der Waals surface area contributed by atoms with Crippen LogP contribution in [0.25, 0.3) is 0 Å². The van der Waals surface area contributed by atoms with Crippen molar-refractivity contribution in [2.45, 2.75) is 40.2 Å². The molecule has 0 heterocycles. The van der Waals surface area contributed by atoms with E-state index in [4.69, 9.17) is 21.1 Å². The Bertz CT molecular complexity index is 1280. The summed E-state index contributed by atoms with van der Waals surface area (Å²) in [5.41, 5.74) is 6.88. The number of nitrogens with zero attached hydrogens (tertiary/aromatic N) is 1. The SMILES string of the molecule is CCOc1cc(C=NNC(=O)CCC(=O)Nc2ccc(C)c(Cl)c2)cc(Br)c1OCc1ccc(C)cc1. The standard InChI is InChI=1S/C28H29BrClN3O4/c1-4-36-25-14-21(13-23(29)28(25)37-17-20-8-5-18(2)6-9-20)16-31-33-27(35)12-11-26(34)32-22-10-7-19(3)24(30)15-22/h5-10,13-16H,4,11-12,17H2,1-3H3,(H,32,34)(H,33,35). The normalized spacial score (nSPS) is 10.8. The van der Waals surface area contributed by atoms with Crippen LogP contribution in [0.15, 0.2) is 64.2 Å². The van der Waals surface area contributed by atoms with Crippen LogP contribution in [0, 0.1) is 13.8 Å². The Morgan fingerprint density at radius 3 is 2.43 bits per heavy atom. The number of carbonyl (C=O) groups excluding carboxylic acids is 2. The number of carbonyl (C=O) groups is 2. The van der Waals surface area contributed by atoms with Crippen molar-refractivity contribution in [2.24, 2.45) is 5.10 Å². The number of anilines is 1. The number of ether oxygens (including phenoxy) is 2. The third-order valence-corrected chi connectivity index (χ3v) is 6.27. The zero-order valence-electron chi connectivity index (χ0n) is 20.9. The third kappa shape index (κ3) is 8.91. The lowest BCUT2D eigenvalue weighted by molar-refractivity contribution is -0.124. The fourth-order valence-corrected chi connectivity index (χ4v) is 4.02. The van der Waals surface area contributed by atoms with Crippen LogP contribution in [-0.4, -0.2) is 24.6 Å². The molecule has 2 N–H and O–H groups in total.